The third-order valence-electron chi connectivity index (χ3n) is 4.10. The molecular weight excluding hydrogens is 268 g/mol. The molecule has 0 fully saturated rings. The van der Waals surface area contributed by atoms with Crippen molar-refractivity contribution in [3.63, 3.8) is 0 Å². The molecule has 0 radical (unpaired) electrons. The number of phenolic OH excluding ortho intramolecular Hbond substituents is 1. The van der Waals surface area contributed by atoms with Crippen molar-refractivity contribution in [2.24, 2.45) is 0 Å². The molecule has 0 aliphatic rings. The first-order valence-corrected chi connectivity index (χ1v) is 7.96. The van der Waals surface area contributed by atoms with Crippen molar-refractivity contribution in [3.8, 4) is 16.9 Å². The Kier molecular flexibility index (Phi) is 4.12. The SMILES string of the molecule is Cc1ccc(O)c(-c2c(C(C)(C)C)cccc2C(C)(C)C)c1. The fourth-order valence-electron chi connectivity index (χ4n) is 2.94. The summed E-state index contributed by atoms with van der Waals surface area (Å²) in [5, 5.41) is 10.5. The van der Waals surface area contributed by atoms with E-state index < -0.39 is 0 Å². The number of hydrogen-bond donors (Lipinski definition) is 1. The molecule has 0 heterocycles. The van der Waals surface area contributed by atoms with E-state index in [4.69, 9.17) is 0 Å². The van der Waals surface area contributed by atoms with E-state index in [2.05, 4.69) is 72.7 Å². The van der Waals surface area contributed by atoms with Gasteiger partial charge in [0.05, 0.1) is 0 Å². The van der Waals surface area contributed by atoms with Crippen LogP contribution in [0.15, 0.2) is 36.4 Å². The molecule has 0 aliphatic carbocycles. The number of aryl methyl sites for hydroxylation is 1. The highest BCUT2D eigenvalue weighted by molar-refractivity contribution is 5.78. The van der Waals surface area contributed by atoms with Crippen LogP contribution in [0.3, 0.4) is 0 Å². The zero-order valence-corrected chi connectivity index (χ0v) is 14.9. The maximum atomic E-state index is 10.5. The zero-order valence-electron chi connectivity index (χ0n) is 14.9. The van der Waals surface area contributed by atoms with Gasteiger partial charge in [-0.3, -0.25) is 0 Å². The lowest BCUT2D eigenvalue weighted by Gasteiger charge is -2.30. The van der Waals surface area contributed by atoms with Gasteiger partial charge < -0.3 is 5.11 Å². The predicted molar refractivity (Wildman–Crippen MR) is 95.7 cm³/mol. The van der Waals surface area contributed by atoms with E-state index in [0.29, 0.717) is 5.75 Å². The quantitative estimate of drug-likeness (QED) is 0.688. The van der Waals surface area contributed by atoms with Crippen molar-refractivity contribution in [2.45, 2.75) is 59.3 Å². The van der Waals surface area contributed by atoms with Crippen LogP contribution in [0.25, 0.3) is 11.1 Å². The van der Waals surface area contributed by atoms with Gasteiger partial charge in [-0.1, -0.05) is 71.4 Å². The Labute approximate surface area is 135 Å². The summed E-state index contributed by atoms with van der Waals surface area (Å²) in [4.78, 5) is 0. The van der Waals surface area contributed by atoms with Crippen LogP contribution in [0.5, 0.6) is 5.75 Å². The molecular formula is C21H28O. The molecule has 0 bridgehead atoms. The summed E-state index contributed by atoms with van der Waals surface area (Å²) in [5.74, 6) is 0.354. The van der Waals surface area contributed by atoms with Crippen LogP contribution in [-0.2, 0) is 10.8 Å². The van der Waals surface area contributed by atoms with E-state index in [-0.39, 0.29) is 10.8 Å². The Balaban J connectivity index is 2.90. The molecule has 0 aromatic heterocycles. The lowest BCUT2D eigenvalue weighted by molar-refractivity contribution is 0.476. The maximum absolute atomic E-state index is 10.5. The molecule has 0 saturated heterocycles. The van der Waals surface area contributed by atoms with Crippen LogP contribution in [0.2, 0.25) is 0 Å². The van der Waals surface area contributed by atoms with Gasteiger partial charge in [0, 0.05) is 5.56 Å². The Morgan fingerprint density at radius 3 is 1.73 bits per heavy atom. The summed E-state index contributed by atoms with van der Waals surface area (Å²) in [6.07, 6.45) is 0. The third-order valence-corrected chi connectivity index (χ3v) is 4.10. The van der Waals surface area contributed by atoms with E-state index in [9.17, 15) is 5.11 Å². The molecule has 1 nitrogen and oxygen atoms in total. The zero-order chi connectivity index (χ0) is 16.7. The minimum Gasteiger partial charge on any atom is -0.507 e. The first-order chi connectivity index (χ1) is 10.0. The van der Waals surface area contributed by atoms with Crippen LogP contribution in [-0.4, -0.2) is 5.11 Å². The maximum Gasteiger partial charge on any atom is 0.123 e. The highest BCUT2D eigenvalue weighted by Crippen LogP contribution is 2.43. The van der Waals surface area contributed by atoms with Crippen LogP contribution in [0, 0.1) is 6.92 Å². The Hall–Kier alpha value is -1.76. The van der Waals surface area contributed by atoms with Gasteiger partial charge in [-0.25, -0.2) is 0 Å². The van der Waals surface area contributed by atoms with Gasteiger partial charge in [-0.2, -0.15) is 0 Å². The third kappa shape index (κ3) is 3.19. The average Bonchev–Trinajstić information content (AvgIpc) is 2.38. The topological polar surface area (TPSA) is 20.2 Å². The second-order valence-electron chi connectivity index (χ2n) is 8.25. The number of benzene rings is 2. The smallest absolute Gasteiger partial charge is 0.123 e. The summed E-state index contributed by atoms with van der Waals surface area (Å²) in [6, 6.07) is 12.4. The minimum absolute atomic E-state index is 0.0206. The average molecular weight is 296 g/mol. The fourth-order valence-corrected chi connectivity index (χ4v) is 2.94. The standard InChI is InChI=1S/C21H28O/c1-14-11-12-18(22)15(13-14)19-16(20(2,3)4)9-8-10-17(19)21(5,6)7/h8-13,22H,1-7H3. The molecule has 1 N–H and O–H groups in total. The summed E-state index contributed by atoms with van der Waals surface area (Å²) in [7, 11) is 0. The summed E-state index contributed by atoms with van der Waals surface area (Å²) in [6.45, 7) is 15.4. The van der Waals surface area contributed by atoms with E-state index in [1.54, 1.807) is 6.07 Å². The molecule has 22 heavy (non-hydrogen) atoms. The lowest BCUT2D eigenvalue weighted by atomic mass is 9.74. The van der Waals surface area contributed by atoms with E-state index in [1.807, 2.05) is 6.07 Å². The first-order valence-electron chi connectivity index (χ1n) is 7.96. The number of aromatic hydroxyl groups is 1. The largest absolute Gasteiger partial charge is 0.507 e. The summed E-state index contributed by atoms with van der Waals surface area (Å²) in [5.41, 5.74) is 5.89. The molecule has 0 atom stereocenters. The van der Waals surface area contributed by atoms with Crippen molar-refractivity contribution in [1.82, 2.24) is 0 Å². The molecule has 0 amide bonds. The van der Waals surface area contributed by atoms with Gasteiger partial charge in [0.2, 0.25) is 0 Å². The molecule has 1 heteroatoms. The number of hydrogen-bond acceptors (Lipinski definition) is 1. The second-order valence-corrected chi connectivity index (χ2v) is 8.25. The van der Waals surface area contributed by atoms with E-state index in [0.717, 1.165) is 11.1 Å². The van der Waals surface area contributed by atoms with Gasteiger partial charge in [0.1, 0.15) is 5.75 Å². The van der Waals surface area contributed by atoms with Gasteiger partial charge in [-0.15, -0.1) is 0 Å². The van der Waals surface area contributed by atoms with Crippen LogP contribution in [0.4, 0.5) is 0 Å². The molecule has 118 valence electrons. The molecule has 2 rings (SSSR count). The monoisotopic (exact) mass is 296 g/mol. The van der Waals surface area contributed by atoms with Gasteiger partial charge in [0.25, 0.3) is 0 Å². The Morgan fingerprint density at radius 2 is 1.27 bits per heavy atom. The molecule has 2 aromatic carbocycles. The van der Waals surface area contributed by atoms with Gasteiger partial charge in [0.15, 0.2) is 0 Å². The lowest BCUT2D eigenvalue weighted by Crippen LogP contribution is -2.19. The van der Waals surface area contributed by atoms with Gasteiger partial charge >= 0.3 is 0 Å². The van der Waals surface area contributed by atoms with Crippen LogP contribution in [0.1, 0.15) is 58.2 Å². The highest BCUT2D eigenvalue weighted by atomic mass is 16.3. The van der Waals surface area contributed by atoms with Crippen molar-refractivity contribution >= 4 is 0 Å². The normalized spacial score (nSPS) is 12.5. The van der Waals surface area contributed by atoms with Crippen LogP contribution < -0.4 is 0 Å². The van der Waals surface area contributed by atoms with Crippen molar-refractivity contribution < 1.29 is 5.11 Å². The summed E-state index contributed by atoms with van der Waals surface area (Å²) < 4.78 is 0. The Bertz CT molecular complexity index is 650. The number of rotatable bonds is 1. The first kappa shape index (κ1) is 16.6. The van der Waals surface area contributed by atoms with Gasteiger partial charge in [-0.05, 0) is 46.6 Å². The molecule has 0 aliphatic heterocycles. The predicted octanol–water partition coefficient (Wildman–Crippen LogP) is 5.96. The molecule has 0 saturated carbocycles. The summed E-state index contributed by atoms with van der Waals surface area (Å²) >= 11 is 0. The minimum atomic E-state index is 0.0206. The highest BCUT2D eigenvalue weighted by Gasteiger charge is 2.27. The second kappa shape index (κ2) is 5.46. The Morgan fingerprint density at radius 1 is 0.773 bits per heavy atom. The van der Waals surface area contributed by atoms with E-state index in [1.165, 1.54) is 16.7 Å². The number of phenols is 1. The van der Waals surface area contributed by atoms with Crippen molar-refractivity contribution in [1.29, 1.82) is 0 Å². The van der Waals surface area contributed by atoms with Crippen molar-refractivity contribution in [2.75, 3.05) is 0 Å². The van der Waals surface area contributed by atoms with Crippen LogP contribution >= 0.6 is 0 Å². The van der Waals surface area contributed by atoms with E-state index >= 15 is 0 Å². The molecule has 0 unspecified atom stereocenters. The fraction of sp³-hybridized carbons (Fsp3) is 0.429. The van der Waals surface area contributed by atoms with Crippen molar-refractivity contribution in [3.05, 3.63) is 53.1 Å². The molecule has 0 spiro atoms. The molecule has 2 aromatic rings.